The van der Waals surface area contributed by atoms with Crippen LogP contribution in [0.5, 0.6) is 0 Å². The lowest BCUT2D eigenvalue weighted by molar-refractivity contribution is 0.102. The van der Waals surface area contributed by atoms with Gasteiger partial charge in [-0.05, 0) is 54.6 Å². The molecule has 1 N–H and O–H groups in total. The molecule has 7 heteroatoms. The Morgan fingerprint density at radius 3 is 2.24 bits per heavy atom. The Balaban J connectivity index is 1.61. The van der Waals surface area contributed by atoms with Gasteiger partial charge in [0.25, 0.3) is 5.91 Å². The number of carbonyl (C=O) groups is 1. The average Bonchev–Trinajstić information content (AvgIpc) is 2.76. The van der Waals surface area contributed by atoms with Gasteiger partial charge in [-0.1, -0.05) is 40.2 Å². The van der Waals surface area contributed by atoms with Crippen LogP contribution in [0.25, 0.3) is 10.9 Å². The number of hydrogen-bond donors (Lipinski definition) is 1. The van der Waals surface area contributed by atoms with Gasteiger partial charge < -0.3 is 5.32 Å². The van der Waals surface area contributed by atoms with Gasteiger partial charge in [-0.15, -0.1) is 0 Å². The van der Waals surface area contributed by atoms with Crippen LogP contribution in [0, 0.1) is 0 Å². The molecule has 0 aliphatic carbocycles. The van der Waals surface area contributed by atoms with E-state index in [1.54, 1.807) is 42.6 Å². The molecule has 0 fully saturated rings. The minimum absolute atomic E-state index is 0.135. The molecule has 0 radical (unpaired) electrons. The molecule has 4 rings (SSSR count). The number of nitrogens with zero attached hydrogens (tertiary/aromatic N) is 1. The highest BCUT2D eigenvalue weighted by molar-refractivity contribution is 9.10. The predicted octanol–water partition coefficient (Wildman–Crippen LogP) is 5.08. The lowest BCUT2D eigenvalue weighted by Gasteiger charge is -2.10. The zero-order valence-electron chi connectivity index (χ0n) is 15.0. The number of rotatable bonds is 4. The fourth-order valence-electron chi connectivity index (χ4n) is 2.95. The van der Waals surface area contributed by atoms with E-state index in [1.807, 2.05) is 18.2 Å². The molecule has 5 nitrogen and oxygen atoms in total. The molecule has 1 amide bonds. The third kappa shape index (κ3) is 3.79. The highest BCUT2D eigenvalue weighted by atomic mass is 79.9. The van der Waals surface area contributed by atoms with Crippen LogP contribution >= 0.6 is 15.9 Å². The molecule has 1 heterocycles. The second kappa shape index (κ2) is 7.77. The van der Waals surface area contributed by atoms with Crippen LogP contribution in [0.4, 0.5) is 5.69 Å². The molecule has 4 aromatic rings. The van der Waals surface area contributed by atoms with Crippen LogP contribution in [-0.4, -0.2) is 19.3 Å². The standard InChI is InChI=1S/C22H15BrN2O3S/c23-19-12-13-20(21-18(19)7-4-14-24-21)25-22(26)15-8-10-17(11-9-15)29(27,28)16-5-2-1-3-6-16/h1-14H,(H,25,26). The summed E-state index contributed by atoms with van der Waals surface area (Å²) in [6.45, 7) is 0. The lowest BCUT2D eigenvalue weighted by atomic mass is 10.1. The van der Waals surface area contributed by atoms with Gasteiger partial charge in [0.15, 0.2) is 0 Å². The van der Waals surface area contributed by atoms with Crippen molar-refractivity contribution in [3.63, 3.8) is 0 Å². The first-order valence-electron chi connectivity index (χ1n) is 8.71. The summed E-state index contributed by atoms with van der Waals surface area (Å²) in [6.07, 6.45) is 1.66. The van der Waals surface area contributed by atoms with E-state index in [0.717, 1.165) is 9.86 Å². The van der Waals surface area contributed by atoms with Crippen molar-refractivity contribution in [1.82, 2.24) is 4.98 Å². The summed E-state index contributed by atoms with van der Waals surface area (Å²) < 4.78 is 26.2. The van der Waals surface area contributed by atoms with Crippen molar-refractivity contribution >= 4 is 48.3 Å². The van der Waals surface area contributed by atoms with Crippen LogP contribution in [0.2, 0.25) is 0 Å². The van der Waals surface area contributed by atoms with Crippen LogP contribution in [-0.2, 0) is 9.84 Å². The number of halogens is 1. The number of benzene rings is 3. The van der Waals surface area contributed by atoms with E-state index in [1.165, 1.54) is 24.3 Å². The van der Waals surface area contributed by atoms with Crippen molar-refractivity contribution < 1.29 is 13.2 Å². The zero-order chi connectivity index (χ0) is 20.4. The summed E-state index contributed by atoms with van der Waals surface area (Å²) in [6, 6.07) is 21.4. The maximum Gasteiger partial charge on any atom is 0.255 e. The number of nitrogens with one attached hydrogen (secondary N) is 1. The summed E-state index contributed by atoms with van der Waals surface area (Å²) in [4.78, 5) is 17.4. The minimum Gasteiger partial charge on any atom is -0.320 e. The molecule has 0 spiro atoms. The Bertz CT molecular complexity index is 1310. The molecule has 0 aliphatic heterocycles. The molecular weight excluding hydrogens is 452 g/mol. The Morgan fingerprint density at radius 1 is 0.828 bits per heavy atom. The van der Waals surface area contributed by atoms with Gasteiger partial charge in [0, 0.05) is 21.6 Å². The molecular formula is C22H15BrN2O3S. The topological polar surface area (TPSA) is 76.1 Å². The number of aromatic nitrogens is 1. The molecule has 0 atom stereocenters. The van der Waals surface area contributed by atoms with Gasteiger partial charge in [-0.25, -0.2) is 8.42 Å². The number of carbonyl (C=O) groups excluding carboxylic acids is 1. The van der Waals surface area contributed by atoms with Crippen LogP contribution < -0.4 is 5.32 Å². The molecule has 0 unspecified atom stereocenters. The molecule has 144 valence electrons. The molecule has 1 aromatic heterocycles. The van der Waals surface area contributed by atoms with Gasteiger partial charge in [0.1, 0.15) is 0 Å². The Labute approximate surface area is 176 Å². The quantitative estimate of drug-likeness (QED) is 0.454. The van der Waals surface area contributed by atoms with Crippen LogP contribution in [0.15, 0.2) is 99.3 Å². The minimum atomic E-state index is -3.62. The zero-order valence-corrected chi connectivity index (χ0v) is 17.4. The van der Waals surface area contributed by atoms with E-state index in [4.69, 9.17) is 0 Å². The first-order chi connectivity index (χ1) is 14.0. The van der Waals surface area contributed by atoms with Crippen molar-refractivity contribution in [3.8, 4) is 0 Å². The first-order valence-corrected chi connectivity index (χ1v) is 11.0. The van der Waals surface area contributed by atoms with Gasteiger partial charge in [-0.2, -0.15) is 0 Å². The summed E-state index contributed by atoms with van der Waals surface area (Å²) in [5.74, 6) is -0.345. The van der Waals surface area contributed by atoms with Crippen molar-refractivity contribution in [2.45, 2.75) is 9.79 Å². The van der Waals surface area contributed by atoms with Gasteiger partial charge in [0.05, 0.1) is 21.0 Å². The monoisotopic (exact) mass is 466 g/mol. The van der Waals surface area contributed by atoms with E-state index < -0.39 is 9.84 Å². The molecule has 3 aromatic carbocycles. The number of fused-ring (bicyclic) bond motifs is 1. The van der Waals surface area contributed by atoms with Crippen molar-refractivity contribution in [2.75, 3.05) is 5.32 Å². The van der Waals surface area contributed by atoms with E-state index in [0.29, 0.717) is 16.8 Å². The Hall–Kier alpha value is -3.03. The second-order valence-electron chi connectivity index (χ2n) is 6.29. The second-order valence-corrected chi connectivity index (χ2v) is 9.09. The first kappa shape index (κ1) is 19.3. The van der Waals surface area contributed by atoms with E-state index >= 15 is 0 Å². The van der Waals surface area contributed by atoms with Crippen molar-refractivity contribution in [2.24, 2.45) is 0 Å². The SMILES string of the molecule is O=C(Nc1ccc(Br)c2cccnc12)c1ccc(S(=O)(=O)c2ccccc2)cc1. The van der Waals surface area contributed by atoms with Gasteiger partial charge >= 0.3 is 0 Å². The van der Waals surface area contributed by atoms with Crippen LogP contribution in [0.1, 0.15) is 10.4 Å². The highest BCUT2D eigenvalue weighted by Crippen LogP contribution is 2.29. The summed E-state index contributed by atoms with van der Waals surface area (Å²) in [5, 5.41) is 3.73. The number of sulfone groups is 1. The Morgan fingerprint density at radius 2 is 1.52 bits per heavy atom. The Kier molecular flexibility index (Phi) is 5.17. The number of anilines is 1. The summed E-state index contributed by atoms with van der Waals surface area (Å²) >= 11 is 3.48. The number of pyridine rings is 1. The van der Waals surface area contributed by atoms with E-state index in [2.05, 4.69) is 26.2 Å². The predicted molar refractivity (Wildman–Crippen MR) is 116 cm³/mol. The maximum atomic E-state index is 12.7. The van der Waals surface area contributed by atoms with Gasteiger partial charge in [-0.3, -0.25) is 9.78 Å². The summed E-state index contributed by atoms with van der Waals surface area (Å²) in [7, 11) is -3.62. The number of amides is 1. The normalized spacial score (nSPS) is 11.3. The molecule has 0 saturated heterocycles. The highest BCUT2D eigenvalue weighted by Gasteiger charge is 2.18. The molecule has 0 bridgehead atoms. The van der Waals surface area contributed by atoms with Crippen molar-refractivity contribution in [1.29, 1.82) is 0 Å². The average molecular weight is 467 g/mol. The number of hydrogen-bond acceptors (Lipinski definition) is 4. The maximum absolute atomic E-state index is 12.7. The fourth-order valence-corrected chi connectivity index (χ4v) is 4.69. The molecule has 29 heavy (non-hydrogen) atoms. The van der Waals surface area contributed by atoms with E-state index in [9.17, 15) is 13.2 Å². The smallest absolute Gasteiger partial charge is 0.255 e. The third-order valence-electron chi connectivity index (χ3n) is 4.44. The largest absolute Gasteiger partial charge is 0.320 e. The molecule has 0 saturated carbocycles. The lowest BCUT2D eigenvalue weighted by Crippen LogP contribution is -2.13. The van der Waals surface area contributed by atoms with Crippen molar-refractivity contribution in [3.05, 3.63) is 95.1 Å². The van der Waals surface area contributed by atoms with Crippen LogP contribution in [0.3, 0.4) is 0 Å². The summed E-state index contributed by atoms with van der Waals surface area (Å²) in [5.41, 5.74) is 1.59. The molecule has 0 aliphatic rings. The fraction of sp³-hybridized carbons (Fsp3) is 0. The third-order valence-corrected chi connectivity index (χ3v) is 6.92. The van der Waals surface area contributed by atoms with E-state index in [-0.39, 0.29) is 15.7 Å². The van der Waals surface area contributed by atoms with Gasteiger partial charge in [0.2, 0.25) is 9.84 Å².